The number of aryl methyl sites for hydroxylation is 2. The van der Waals surface area contributed by atoms with Crippen molar-refractivity contribution in [1.82, 2.24) is 9.78 Å². The third-order valence-electron chi connectivity index (χ3n) is 3.76. The van der Waals surface area contributed by atoms with Crippen molar-refractivity contribution in [3.05, 3.63) is 41.2 Å². The third-order valence-corrected chi connectivity index (χ3v) is 3.76. The van der Waals surface area contributed by atoms with Crippen LogP contribution in [0.25, 0.3) is 0 Å². The SMILES string of the molecule is Cc1nn(C)c(C)c1NC(=O)COC(=O)Cc1cccc(OC(C)C)c1. The second-order valence-electron chi connectivity index (χ2n) is 6.37. The van der Waals surface area contributed by atoms with Gasteiger partial charge in [-0.1, -0.05) is 12.1 Å². The number of hydrogen-bond acceptors (Lipinski definition) is 5. The number of hydrogen-bond donors (Lipinski definition) is 1. The third kappa shape index (κ3) is 5.34. The Morgan fingerprint density at radius 2 is 2.00 bits per heavy atom. The summed E-state index contributed by atoms with van der Waals surface area (Å²) in [6, 6.07) is 7.27. The Hall–Kier alpha value is -2.83. The lowest BCUT2D eigenvalue weighted by Gasteiger charge is -2.11. The highest BCUT2D eigenvalue weighted by molar-refractivity contribution is 5.93. The molecule has 0 atom stereocenters. The number of nitrogens with zero attached hydrogens (tertiary/aromatic N) is 2. The van der Waals surface area contributed by atoms with E-state index in [9.17, 15) is 9.59 Å². The predicted molar refractivity (Wildman–Crippen MR) is 98.2 cm³/mol. The molecule has 1 amide bonds. The zero-order valence-corrected chi connectivity index (χ0v) is 15.8. The molecule has 7 heteroatoms. The molecule has 0 aliphatic carbocycles. The molecule has 1 N–H and O–H groups in total. The van der Waals surface area contributed by atoms with Gasteiger partial charge in [-0.05, 0) is 45.4 Å². The van der Waals surface area contributed by atoms with E-state index < -0.39 is 11.9 Å². The fourth-order valence-corrected chi connectivity index (χ4v) is 2.49. The van der Waals surface area contributed by atoms with Crippen LogP contribution in [0.15, 0.2) is 24.3 Å². The van der Waals surface area contributed by atoms with Gasteiger partial charge in [0, 0.05) is 7.05 Å². The molecule has 26 heavy (non-hydrogen) atoms. The number of nitrogens with one attached hydrogen (secondary N) is 1. The molecule has 0 spiro atoms. The molecule has 0 fully saturated rings. The van der Waals surface area contributed by atoms with E-state index in [-0.39, 0.29) is 19.1 Å². The van der Waals surface area contributed by atoms with Gasteiger partial charge in [-0.25, -0.2) is 0 Å². The highest BCUT2D eigenvalue weighted by atomic mass is 16.5. The first-order chi connectivity index (χ1) is 12.3. The minimum Gasteiger partial charge on any atom is -0.491 e. The Balaban J connectivity index is 1.85. The van der Waals surface area contributed by atoms with Gasteiger partial charge in [0.15, 0.2) is 6.61 Å². The minimum absolute atomic E-state index is 0.0558. The molecule has 0 aliphatic rings. The molecule has 0 radical (unpaired) electrons. The number of amides is 1. The maximum Gasteiger partial charge on any atom is 0.310 e. The Bertz CT molecular complexity index is 796. The average molecular weight is 359 g/mol. The number of rotatable bonds is 7. The maximum atomic E-state index is 12.0. The molecular weight excluding hydrogens is 334 g/mol. The maximum absolute atomic E-state index is 12.0. The van der Waals surface area contributed by atoms with Crippen molar-refractivity contribution in [1.29, 1.82) is 0 Å². The van der Waals surface area contributed by atoms with E-state index in [0.717, 1.165) is 11.3 Å². The Kier molecular flexibility index (Phi) is 6.38. The van der Waals surface area contributed by atoms with Crippen LogP contribution in [0.5, 0.6) is 5.75 Å². The molecule has 140 valence electrons. The summed E-state index contributed by atoms with van der Waals surface area (Å²) in [5.74, 6) is -0.165. The topological polar surface area (TPSA) is 82.5 Å². The molecule has 0 saturated heterocycles. The molecule has 7 nitrogen and oxygen atoms in total. The van der Waals surface area contributed by atoms with Crippen molar-refractivity contribution in [2.75, 3.05) is 11.9 Å². The van der Waals surface area contributed by atoms with Gasteiger partial charge in [0.25, 0.3) is 5.91 Å². The van der Waals surface area contributed by atoms with Gasteiger partial charge in [-0.2, -0.15) is 5.10 Å². The van der Waals surface area contributed by atoms with Crippen molar-refractivity contribution in [2.24, 2.45) is 7.05 Å². The molecule has 2 rings (SSSR count). The van der Waals surface area contributed by atoms with E-state index in [2.05, 4.69) is 10.4 Å². The lowest BCUT2D eigenvalue weighted by Crippen LogP contribution is -2.22. The smallest absolute Gasteiger partial charge is 0.310 e. The number of carbonyl (C=O) groups is 2. The lowest BCUT2D eigenvalue weighted by atomic mass is 10.1. The Morgan fingerprint density at radius 1 is 1.27 bits per heavy atom. The van der Waals surface area contributed by atoms with Gasteiger partial charge >= 0.3 is 5.97 Å². The Morgan fingerprint density at radius 3 is 2.62 bits per heavy atom. The van der Waals surface area contributed by atoms with Crippen molar-refractivity contribution < 1.29 is 19.1 Å². The van der Waals surface area contributed by atoms with Crippen LogP contribution in [-0.2, 0) is 27.8 Å². The summed E-state index contributed by atoms with van der Waals surface area (Å²) in [5, 5.41) is 6.96. The van der Waals surface area contributed by atoms with Crippen LogP contribution in [0.1, 0.15) is 30.8 Å². The molecule has 1 aromatic heterocycles. The van der Waals surface area contributed by atoms with E-state index in [0.29, 0.717) is 17.1 Å². The van der Waals surface area contributed by atoms with E-state index in [4.69, 9.17) is 9.47 Å². The largest absolute Gasteiger partial charge is 0.491 e. The zero-order chi connectivity index (χ0) is 19.3. The van der Waals surface area contributed by atoms with Crippen molar-refractivity contribution in [3.63, 3.8) is 0 Å². The fourth-order valence-electron chi connectivity index (χ4n) is 2.49. The van der Waals surface area contributed by atoms with E-state index in [1.54, 1.807) is 24.7 Å². The fraction of sp³-hybridized carbons (Fsp3) is 0.421. The minimum atomic E-state index is -0.471. The van der Waals surface area contributed by atoms with Crippen LogP contribution in [0.3, 0.4) is 0 Å². The molecule has 1 heterocycles. The normalized spacial score (nSPS) is 10.7. The van der Waals surface area contributed by atoms with Crippen LogP contribution in [0, 0.1) is 13.8 Å². The second kappa shape index (κ2) is 8.51. The standard InChI is InChI=1S/C19H25N3O4/c1-12(2)26-16-8-6-7-15(9-16)10-18(24)25-11-17(23)20-19-13(3)21-22(5)14(19)4/h6-9,12H,10-11H2,1-5H3,(H,20,23). The second-order valence-corrected chi connectivity index (χ2v) is 6.37. The highest BCUT2D eigenvalue weighted by Crippen LogP contribution is 2.18. The van der Waals surface area contributed by atoms with Gasteiger partial charge in [0.1, 0.15) is 5.75 Å². The number of benzene rings is 1. The first-order valence-corrected chi connectivity index (χ1v) is 8.47. The summed E-state index contributed by atoms with van der Waals surface area (Å²) in [6.45, 7) is 7.19. The number of carbonyl (C=O) groups excluding carboxylic acids is 2. The monoisotopic (exact) mass is 359 g/mol. The predicted octanol–water partition coefficient (Wildman–Crippen LogP) is 2.55. The summed E-state index contributed by atoms with van der Waals surface area (Å²) in [5.41, 5.74) is 2.97. The van der Waals surface area contributed by atoms with Crippen LogP contribution >= 0.6 is 0 Å². The average Bonchev–Trinajstić information content (AvgIpc) is 2.79. The van der Waals surface area contributed by atoms with Gasteiger partial charge in [0.05, 0.1) is 29.6 Å². The lowest BCUT2D eigenvalue weighted by molar-refractivity contribution is -0.146. The van der Waals surface area contributed by atoms with E-state index >= 15 is 0 Å². The molecule has 0 unspecified atom stereocenters. The summed E-state index contributed by atoms with van der Waals surface area (Å²) < 4.78 is 12.4. The summed E-state index contributed by atoms with van der Waals surface area (Å²) in [4.78, 5) is 24.0. The zero-order valence-electron chi connectivity index (χ0n) is 15.8. The quantitative estimate of drug-likeness (QED) is 0.768. The molecule has 0 aliphatic heterocycles. The van der Waals surface area contributed by atoms with Crippen LogP contribution in [-0.4, -0.2) is 34.4 Å². The molecular formula is C19H25N3O4. The van der Waals surface area contributed by atoms with Crippen LogP contribution in [0.4, 0.5) is 5.69 Å². The molecule has 0 saturated carbocycles. The molecule has 2 aromatic rings. The highest BCUT2D eigenvalue weighted by Gasteiger charge is 2.14. The van der Waals surface area contributed by atoms with Crippen molar-refractivity contribution >= 4 is 17.6 Å². The molecule has 0 bridgehead atoms. The first-order valence-electron chi connectivity index (χ1n) is 8.47. The first kappa shape index (κ1) is 19.5. The van der Waals surface area contributed by atoms with Crippen molar-refractivity contribution in [3.8, 4) is 5.75 Å². The summed E-state index contributed by atoms with van der Waals surface area (Å²) in [7, 11) is 1.80. The van der Waals surface area contributed by atoms with Crippen LogP contribution < -0.4 is 10.1 Å². The van der Waals surface area contributed by atoms with Gasteiger partial charge in [0.2, 0.25) is 0 Å². The Labute approximate surface area is 153 Å². The summed E-state index contributed by atoms with van der Waals surface area (Å²) in [6.07, 6.45) is 0.133. The van der Waals surface area contributed by atoms with E-state index in [1.807, 2.05) is 39.0 Å². The number of aromatic nitrogens is 2. The summed E-state index contributed by atoms with van der Waals surface area (Å²) >= 11 is 0. The van der Waals surface area contributed by atoms with Gasteiger partial charge < -0.3 is 14.8 Å². The number of ether oxygens (including phenoxy) is 2. The molecule has 1 aromatic carbocycles. The van der Waals surface area contributed by atoms with Gasteiger partial charge in [-0.3, -0.25) is 14.3 Å². The van der Waals surface area contributed by atoms with E-state index in [1.165, 1.54) is 0 Å². The number of esters is 1. The number of anilines is 1. The van der Waals surface area contributed by atoms with Crippen molar-refractivity contribution in [2.45, 2.75) is 40.2 Å². The van der Waals surface area contributed by atoms with Crippen LogP contribution in [0.2, 0.25) is 0 Å². The van der Waals surface area contributed by atoms with Gasteiger partial charge in [-0.15, -0.1) is 0 Å².